The maximum Gasteiger partial charge on any atom is 0.142 e. The van der Waals surface area contributed by atoms with Crippen LogP contribution in [0, 0.1) is 11.3 Å². The molecule has 0 amide bonds. The Hall–Kier alpha value is -1.73. The Morgan fingerprint density at radius 2 is 2.05 bits per heavy atom. The molecule has 19 heavy (non-hydrogen) atoms. The topological polar surface area (TPSA) is 40.7 Å². The molecule has 4 nitrogen and oxygen atoms in total. The molecule has 1 N–H and O–H groups in total. The van der Waals surface area contributed by atoms with Crippen molar-refractivity contribution in [1.82, 2.24) is 0 Å². The van der Waals surface area contributed by atoms with Crippen molar-refractivity contribution in [2.75, 3.05) is 44.7 Å². The molecule has 0 bridgehead atoms. The van der Waals surface area contributed by atoms with Gasteiger partial charge in [0.15, 0.2) is 0 Å². The van der Waals surface area contributed by atoms with Crippen LogP contribution in [0.5, 0.6) is 5.75 Å². The predicted molar refractivity (Wildman–Crippen MR) is 75.6 cm³/mol. The summed E-state index contributed by atoms with van der Waals surface area (Å²) in [7, 11) is 1.72. The number of nitrogens with one attached hydrogen (secondary N) is 1. The Kier molecular flexibility index (Phi) is 5.05. The van der Waals surface area contributed by atoms with Gasteiger partial charge >= 0.3 is 0 Å². The quantitative estimate of drug-likeness (QED) is 0.793. The molecule has 1 aliphatic heterocycles. The molecule has 4 heteroatoms. The number of methoxy groups -OCH3 is 1. The van der Waals surface area contributed by atoms with Crippen LogP contribution in [0.2, 0.25) is 0 Å². The van der Waals surface area contributed by atoms with Gasteiger partial charge in [-0.25, -0.2) is 0 Å². The second-order valence-electron chi connectivity index (χ2n) is 4.92. The number of ether oxygens (including phenoxy) is 1. The van der Waals surface area contributed by atoms with Crippen molar-refractivity contribution in [3.63, 3.8) is 0 Å². The maximum absolute atomic E-state index is 8.56. The number of piperazine rings is 1. The second kappa shape index (κ2) is 7.01. The summed E-state index contributed by atoms with van der Waals surface area (Å²) >= 11 is 0. The van der Waals surface area contributed by atoms with E-state index in [9.17, 15) is 0 Å². The Bertz CT molecular complexity index is 433. The van der Waals surface area contributed by atoms with E-state index < -0.39 is 0 Å². The maximum atomic E-state index is 8.56. The number of rotatable bonds is 5. The van der Waals surface area contributed by atoms with E-state index in [1.807, 2.05) is 12.1 Å². The molecule has 1 aromatic rings. The number of benzene rings is 1. The Labute approximate surface area is 115 Å². The van der Waals surface area contributed by atoms with Gasteiger partial charge in [0.05, 0.1) is 51.6 Å². The highest BCUT2D eigenvalue weighted by Gasteiger charge is 2.21. The number of nitriles is 1. The standard InChI is InChI=1S/C15H21N3O/c1-19-15-7-3-2-6-14(15)18-12-10-17(11-13-18)9-5-4-8-16/h2-3,6-7H,4-5,9-13H2,1H3/p+1. The fraction of sp³-hybridized carbons (Fsp3) is 0.533. The fourth-order valence-electron chi connectivity index (χ4n) is 2.62. The molecule has 2 rings (SSSR count). The van der Waals surface area contributed by atoms with E-state index in [-0.39, 0.29) is 0 Å². The van der Waals surface area contributed by atoms with E-state index in [1.165, 1.54) is 5.69 Å². The van der Waals surface area contributed by atoms with Gasteiger partial charge in [-0.05, 0) is 12.1 Å². The SMILES string of the molecule is COc1ccccc1N1CC[NH+](CCCC#N)CC1. The summed E-state index contributed by atoms with van der Waals surface area (Å²) in [5.41, 5.74) is 1.20. The molecule has 1 aromatic carbocycles. The zero-order valence-electron chi connectivity index (χ0n) is 11.6. The smallest absolute Gasteiger partial charge is 0.142 e. The third-order valence-corrected chi connectivity index (χ3v) is 3.72. The van der Waals surface area contributed by atoms with Crippen molar-refractivity contribution in [2.24, 2.45) is 0 Å². The predicted octanol–water partition coefficient (Wildman–Crippen LogP) is 0.704. The van der Waals surface area contributed by atoms with Crippen molar-refractivity contribution in [3.05, 3.63) is 24.3 Å². The number of nitrogens with zero attached hydrogens (tertiary/aromatic N) is 2. The molecule has 1 saturated heterocycles. The molecule has 1 aliphatic rings. The second-order valence-corrected chi connectivity index (χ2v) is 4.92. The highest BCUT2D eigenvalue weighted by Crippen LogP contribution is 2.27. The van der Waals surface area contributed by atoms with E-state index in [0.29, 0.717) is 6.42 Å². The molecule has 0 spiro atoms. The van der Waals surface area contributed by atoms with Crippen LogP contribution in [0.15, 0.2) is 24.3 Å². The minimum absolute atomic E-state index is 0.680. The average Bonchev–Trinajstić information content (AvgIpc) is 2.48. The van der Waals surface area contributed by atoms with Crippen LogP contribution in [0.25, 0.3) is 0 Å². The van der Waals surface area contributed by atoms with Crippen molar-refractivity contribution in [1.29, 1.82) is 5.26 Å². The monoisotopic (exact) mass is 260 g/mol. The molecule has 0 aromatic heterocycles. The first-order valence-electron chi connectivity index (χ1n) is 6.93. The Morgan fingerprint density at radius 3 is 2.74 bits per heavy atom. The lowest BCUT2D eigenvalue weighted by Crippen LogP contribution is -3.14. The van der Waals surface area contributed by atoms with Crippen LogP contribution in [0.1, 0.15) is 12.8 Å². The van der Waals surface area contributed by atoms with Crippen molar-refractivity contribution in [3.8, 4) is 11.8 Å². The lowest BCUT2D eigenvalue weighted by atomic mass is 10.2. The molecule has 0 saturated carbocycles. The molecular formula is C15H22N3O+. The van der Waals surface area contributed by atoms with E-state index in [1.54, 1.807) is 12.0 Å². The van der Waals surface area contributed by atoms with Crippen molar-refractivity contribution >= 4 is 5.69 Å². The van der Waals surface area contributed by atoms with Gasteiger partial charge in [0.1, 0.15) is 5.75 Å². The molecule has 102 valence electrons. The van der Waals surface area contributed by atoms with Crippen LogP contribution in [-0.2, 0) is 0 Å². The summed E-state index contributed by atoms with van der Waals surface area (Å²) in [5, 5.41) is 8.56. The normalized spacial score (nSPS) is 16.1. The van der Waals surface area contributed by atoms with Crippen LogP contribution >= 0.6 is 0 Å². The van der Waals surface area contributed by atoms with Crippen LogP contribution in [-0.4, -0.2) is 39.8 Å². The van der Waals surface area contributed by atoms with E-state index in [4.69, 9.17) is 10.00 Å². The van der Waals surface area contributed by atoms with Gasteiger partial charge in [-0.1, -0.05) is 12.1 Å². The molecule has 0 unspecified atom stereocenters. The summed E-state index contributed by atoms with van der Waals surface area (Å²) < 4.78 is 5.42. The largest absolute Gasteiger partial charge is 0.495 e. The third-order valence-electron chi connectivity index (χ3n) is 3.72. The summed E-state index contributed by atoms with van der Waals surface area (Å²) in [5.74, 6) is 0.954. The van der Waals surface area contributed by atoms with E-state index in [2.05, 4.69) is 23.1 Å². The van der Waals surface area contributed by atoms with Gasteiger partial charge in [-0.2, -0.15) is 5.26 Å². The number of hydrogen-bond donors (Lipinski definition) is 1. The molecule has 0 aliphatic carbocycles. The lowest BCUT2D eigenvalue weighted by molar-refractivity contribution is -0.900. The number of unbranched alkanes of at least 4 members (excludes halogenated alkanes) is 1. The lowest BCUT2D eigenvalue weighted by Gasteiger charge is -2.34. The Balaban J connectivity index is 1.87. The molecule has 1 heterocycles. The molecule has 1 fully saturated rings. The first-order valence-corrected chi connectivity index (χ1v) is 6.93. The average molecular weight is 260 g/mol. The number of hydrogen-bond acceptors (Lipinski definition) is 3. The molecular weight excluding hydrogens is 238 g/mol. The number of anilines is 1. The molecule has 0 radical (unpaired) electrons. The van der Waals surface area contributed by atoms with Crippen LogP contribution < -0.4 is 14.5 Å². The van der Waals surface area contributed by atoms with Gasteiger partial charge in [0.25, 0.3) is 0 Å². The summed E-state index contributed by atoms with van der Waals surface area (Å²) in [6, 6.07) is 10.4. The van der Waals surface area contributed by atoms with Crippen molar-refractivity contribution < 1.29 is 9.64 Å². The molecule has 0 atom stereocenters. The van der Waals surface area contributed by atoms with Crippen LogP contribution in [0.4, 0.5) is 5.69 Å². The number of quaternary nitrogens is 1. The summed E-state index contributed by atoms with van der Waals surface area (Å²) in [6.07, 6.45) is 1.69. The Morgan fingerprint density at radius 1 is 1.32 bits per heavy atom. The third kappa shape index (κ3) is 3.62. The van der Waals surface area contributed by atoms with E-state index in [0.717, 1.165) is 44.9 Å². The minimum Gasteiger partial charge on any atom is -0.495 e. The van der Waals surface area contributed by atoms with Gasteiger partial charge in [0, 0.05) is 12.8 Å². The first kappa shape index (κ1) is 13.7. The number of para-hydroxylation sites is 2. The summed E-state index contributed by atoms with van der Waals surface area (Å²) in [4.78, 5) is 4.01. The zero-order chi connectivity index (χ0) is 13.5. The van der Waals surface area contributed by atoms with Gasteiger partial charge < -0.3 is 14.5 Å². The van der Waals surface area contributed by atoms with Gasteiger partial charge in [0.2, 0.25) is 0 Å². The minimum atomic E-state index is 0.680. The fourth-order valence-corrected chi connectivity index (χ4v) is 2.62. The van der Waals surface area contributed by atoms with E-state index >= 15 is 0 Å². The summed E-state index contributed by atoms with van der Waals surface area (Å²) in [6.45, 7) is 5.52. The van der Waals surface area contributed by atoms with Crippen molar-refractivity contribution in [2.45, 2.75) is 12.8 Å². The van der Waals surface area contributed by atoms with Gasteiger partial charge in [-0.3, -0.25) is 0 Å². The van der Waals surface area contributed by atoms with Gasteiger partial charge in [-0.15, -0.1) is 0 Å². The van der Waals surface area contributed by atoms with Crippen LogP contribution in [0.3, 0.4) is 0 Å². The highest BCUT2D eigenvalue weighted by molar-refractivity contribution is 5.58. The first-order chi connectivity index (χ1) is 9.35. The highest BCUT2D eigenvalue weighted by atomic mass is 16.5. The zero-order valence-corrected chi connectivity index (χ0v) is 11.6.